The lowest BCUT2D eigenvalue weighted by Gasteiger charge is -2.29. The topological polar surface area (TPSA) is 62.3 Å². The highest BCUT2D eigenvalue weighted by molar-refractivity contribution is 6.32. The molecule has 1 aliphatic heterocycles. The maximum atomic E-state index is 9.28. The van der Waals surface area contributed by atoms with Crippen molar-refractivity contribution in [1.82, 2.24) is 4.98 Å². The minimum Gasteiger partial charge on any atom is -0.482 e. The Balaban J connectivity index is 1.72. The molecule has 0 atom stereocenters. The van der Waals surface area contributed by atoms with Crippen LogP contribution in [0.15, 0.2) is 28.7 Å². The lowest BCUT2D eigenvalue weighted by atomic mass is 9.99. The summed E-state index contributed by atoms with van der Waals surface area (Å²) in [5, 5.41) is 9.81. The second-order valence-electron chi connectivity index (χ2n) is 5.76. The summed E-state index contributed by atoms with van der Waals surface area (Å²) < 4.78 is 11.4. The van der Waals surface area contributed by atoms with Gasteiger partial charge in [0.15, 0.2) is 6.61 Å². The smallest absolute Gasteiger partial charge is 0.236 e. The molecule has 0 amide bonds. The van der Waals surface area contributed by atoms with Crippen LogP contribution in [-0.2, 0) is 6.61 Å². The van der Waals surface area contributed by atoms with E-state index in [9.17, 15) is 5.26 Å². The zero-order valence-corrected chi connectivity index (χ0v) is 13.7. The standard InChI is InChI=1S/C17H18ClN3O2/c1-12-6-8-21(9-7-12)17-14(10-19)20-16(23-17)11-22-15-5-3-2-4-13(15)18/h2-5,12H,6-9,11H2,1H3. The summed E-state index contributed by atoms with van der Waals surface area (Å²) in [7, 11) is 0. The third kappa shape index (κ3) is 3.59. The van der Waals surface area contributed by atoms with Gasteiger partial charge < -0.3 is 14.1 Å². The second-order valence-corrected chi connectivity index (χ2v) is 6.17. The molecule has 0 spiro atoms. The molecule has 0 saturated carbocycles. The van der Waals surface area contributed by atoms with Gasteiger partial charge in [-0.25, -0.2) is 0 Å². The lowest BCUT2D eigenvalue weighted by Crippen LogP contribution is -2.32. The monoisotopic (exact) mass is 331 g/mol. The molecule has 0 unspecified atom stereocenters. The summed E-state index contributed by atoms with van der Waals surface area (Å²) in [5.74, 6) is 2.22. The number of para-hydroxylation sites is 1. The molecule has 1 aromatic heterocycles. The molecule has 1 aliphatic rings. The first kappa shape index (κ1) is 15.7. The van der Waals surface area contributed by atoms with Gasteiger partial charge in [0.2, 0.25) is 17.5 Å². The van der Waals surface area contributed by atoms with Crippen molar-refractivity contribution in [3.05, 3.63) is 40.9 Å². The molecular weight excluding hydrogens is 314 g/mol. The van der Waals surface area contributed by atoms with Crippen molar-refractivity contribution in [1.29, 1.82) is 5.26 Å². The Bertz CT molecular complexity index is 715. The number of aromatic nitrogens is 1. The predicted octanol–water partition coefficient (Wildman–Crippen LogP) is 4.01. The van der Waals surface area contributed by atoms with E-state index >= 15 is 0 Å². The first-order valence-electron chi connectivity index (χ1n) is 7.69. The van der Waals surface area contributed by atoms with Gasteiger partial charge >= 0.3 is 0 Å². The Kier molecular flexibility index (Phi) is 4.73. The number of nitriles is 1. The summed E-state index contributed by atoms with van der Waals surface area (Å²) in [4.78, 5) is 6.32. The minimum atomic E-state index is 0.142. The van der Waals surface area contributed by atoms with Crippen LogP contribution in [0.1, 0.15) is 31.4 Å². The van der Waals surface area contributed by atoms with Crippen LogP contribution in [0.2, 0.25) is 5.02 Å². The van der Waals surface area contributed by atoms with Crippen molar-refractivity contribution >= 4 is 17.5 Å². The van der Waals surface area contributed by atoms with Crippen LogP contribution in [0.5, 0.6) is 5.75 Å². The molecule has 6 heteroatoms. The number of hydrogen-bond donors (Lipinski definition) is 0. The van der Waals surface area contributed by atoms with Crippen LogP contribution in [0.25, 0.3) is 0 Å². The van der Waals surface area contributed by atoms with Crippen molar-refractivity contribution in [3.8, 4) is 11.8 Å². The number of oxazole rings is 1. The van der Waals surface area contributed by atoms with E-state index in [2.05, 4.69) is 22.9 Å². The molecule has 1 saturated heterocycles. The fraction of sp³-hybridized carbons (Fsp3) is 0.412. The third-order valence-corrected chi connectivity index (χ3v) is 4.33. The molecule has 120 valence electrons. The maximum Gasteiger partial charge on any atom is 0.236 e. The number of benzene rings is 1. The molecule has 0 radical (unpaired) electrons. The molecule has 1 fully saturated rings. The Hall–Kier alpha value is -2.19. The van der Waals surface area contributed by atoms with E-state index in [4.69, 9.17) is 20.8 Å². The van der Waals surface area contributed by atoms with Crippen LogP contribution in [0.3, 0.4) is 0 Å². The van der Waals surface area contributed by atoms with Gasteiger partial charge in [0.25, 0.3) is 0 Å². The summed E-state index contributed by atoms with van der Waals surface area (Å²) in [6, 6.07) is 9.33. The SMILES string of the molecule is CC1CCN(c2oc(COc3ccccc3Cl)nc2C#N)CC1. The Morgan fingerprint density at radius 1 is 1.39 bits per heavy atom. The van der Waals surface area contributed by atoms with Gasteiger partial charge in [-0.05, 0) is 30.9 Å². The average Bonchev–Trinajstić information content (AvgIpc) is 2.98. The van der Waals surface area contributed by atoms with Gasteiger partial charge in [-0.2, -0.15) is 10.2 Å². The fourth-order valence-electron chi connectivity index (χ4n) is 2.62. The highest BCUT2D eigenvalue weighted by atomic mass is 35.5. The van der Waals surface area contributed by atoms with Gasteiger partial charge in [-0.3, -0.25) is 0 Å². The highest BCUT2D eigenvalue weighted by Gasteiger charge is 2.23. The summed E-state index contributed by atoms with van der Waals surface area (Å²) in [6.45, 7) is 4.15. The molecule has 0 N–H and O–H groups in total. The van der Waals surface area contributed by atoms with Crippen LogP contribution in [0.4, 0.5) is 5.88 Å². The van der Waals surface area contributed by atoms with Crippen LogP contribution in [-0.4, -0.2) is 18.1 Å². The molecular formula is C17H18ClN3O2. The van der Waals surface area contributed by atoms with Crippen molar-refractivity contribution in [2.24, 2.45) is 5.92 Å². The maximum absolute atomic E-state index is 9.28. The average molecular weight is 332 g/mol. The number of hydrogen-bond acceptors (Lipinski definition) is 5. The van der Waals surface area contributed by atoms with Gasteiger partial charge in [0.1, 0.15) is 11.8 Å². The first-order valence-corrected chi connectivity index (χ1v) is 8.07. The Labute approximate surface area is 140 Å². The summed E-state index contributed by atoms with van der Waals surface area (Å²) in [5.41, 5.74) is 0.317. The first-order chi connectivity index (χ1) is 11.2. The van der Waals surface area contributed by atoms with Gasteiger partial charge in [0.05, 0.1) is 5.02 Å². The molecule has 0 aliphatic carbocycles. The quantitative estimate of drug-likeness (QED) is 0.846. The molecule has 0 bridgehead atoms. The van der Waals surface area contributed by atoms with Crippen molar-refractivity contribution in [3.63, 3.8) is 0 Å². The van der Waals surface area contributed by atoms with Gasteiger partial charge in [0, 0.05) is 13.1 Å². The Morgan fingerprint density at radius 3 is 2.83 bits per heavy atom. The van der Waals surface area contributed by atoms with Gasteiger partial charge in [-0.15, -0.1) is 0 Å². The molecule has 3 rings (SSSR count). The zero-order valence-electron chi connectivity index (χ0n) is 13.0. The normalized spacial score (nSPS) is 15.4. The fourth-order valence-corrected chi connectivity index (χ4v) is 2.81. The van der Waals surface area contributed by atoms with Crippen LogP contribution >= 0.6 is 11.6 Å². The van der Waals surface area contributed by atoms with Crippen LogP contribution in [0, 0.1) is 17.2 Å². The van der Waals surface area contributed by atoms with E-state index < -0.39 is 0 Å². The lowest BCUT2D eigenvalue weighted by molar-refractivity contribution is 0.262. The van der Waals surface area contributed by atoms with Gasteiger partial charge in [-0.1, -0.05) is 30.7 Å². The number of halogens is 1. The third-order valence-electron chi connectivity index (χ3n) is 4.02. The molecule has 23 heavy (non-hydrogen) atoms. The predicted molar refractivity (Wildman–Crippen MR) is 87.6 cm³/mol. The van der Waals surface area contributed by atoms with Crippen LogP contribution < -0.4 is 9.64 Å². The number of anilines is 1. The molecule has 1 aromatic carbocycles. The molecule has 5 nitrogen and oxygen atoms in total. The highest BCUT2D eigenvalue weighted by Crippen LogP contribution is 2.28. The van der Waals surface area contributed by atoms with E-state index in [0.717, 1.165) is 25.9 Å². The zero-order chi connectivity index (χ0) is 16.2. The van der Waals surface area contributed by atoms with E-state index in [1.54, 1.807) is 12.1 Å². The second kappa shape index (κ2) is 6.93. The van der Waals surface area contributed by atoms with E-state index in [0.29, 0.717) is 34.2 Å². The Morgan fingerprint density at radius 2 is 2.13 bits per heavy atom. The number of nitrogens with zero attached hydrogens (tertiary/aromatic N) is 3. The molecule has 2 aromatic rings. The van der Waals surface area contributed by atoms with E-state index in [1.165, 1.54) is 0 Å². The summed E-state index contributed by atoms with van der Waals surface area (Å²) in [6.07, 6.45) is 2.19. The molecule has 2 heterocycles. The minimum absolute atomic E-state index is 0.142. The number of rotatable bonds is 4. The van der Waals surface area contributed by atoms with E-state index in [-0.39, 0.29) is 6.61 Å². The van der Waals surface area contributed by atoms with Crippen molar-refractivity contribution < 1.29 is 9.15 Å². The van der Waals surface area contributed by atoms with Crippen molar-refractivity contribution in [2.45, 2.75) is 26.4 Å². The summed E-state index contributed by atoms with van der Waals surface area (Å²) >= 11 is 6.05. The largest absolute Gasteiger partial charge is 0.482 e. The number of ether oxygens (including phenoxy) is 1. The van der Waals surface area contributed by atoms with Crippen molar-refractivity contribution in [2.75, 3.05) is 18.0 Å². The number of piperidine rings is 1. The van der Waals surface area contributed by atoms with E-state index in [1.807, 2.05) is 12.1 Å².